The molecule has 0 radical (unpaired) electrons. The minimum atomic E-state index is -0.934. The molecule has 7 heteroatoms. The third kappa shape index (κ3) is 4.86. The average Bonchev–Trinajstić information content (AvgIpc) is 3.27. The number of carbonyl (C=O) groups excluding carboxylic acids is 2. The van der Waals surface area contributed by atoms with Crippen LogP contribution in [0, 0.1) is 5.92 Å². The third-order valence-corrected chi connectivity index (χ3v) is 6.24. The maximum absolute atomic E-state index is 13.2. The SMILES string of the molecule is CC(C)(O)COc1ccc2c(c1)N(C(=O)Cc1ccc(C3=C4C=CC=CC4C(=O)N=N3)cc1)CC2. The van der Waals surface area contributed by atoms with E-state index in [4.69, 9.17) is 4.74 Å². The van der Waals surface area contributed by atoms with Crippen molar-refractivity contribution in [2.24, 2.45) is 16.1 Å². The lowest BCUT2D eigenvalue weighted by Crippen LogP contribution is -2.30. The summed E-state index contributed by atoms with van der Waals surface area (Å²) in [5, 5.41) is 17.9. The van der Waals surface area contributed by atoms with Crippen LogP contribution in [0.3, 0.4) is 0 Å². The zero-order valence-corrected chi connectivity index (χ0v) is 19.8. The van der Waals surface area contributed by atoms with Gasteiger partial charge < -0.3 is 14.7 Å². The Hall–Kier alpha value is -3.84. The number of anilines is 1. The zero-order chi connectivity index (χ0) is 24.6. The molecule has 3 aliphatic rings. The van der Waals surface area contributed by atoms with Crippen LogP contribution >= 0.6 is 0 Å². The summed E-state index contributed by atoms with van der Waals surface area (Å²) >= 11 is 0. The molecule has 0 fully saturated rings. The van der Waals surface area contributed by atoms with Crippen LogP contribution < -0.4 is 9.64 Å². The molecule has 2 aromatic rings. The van der Waals surface area contributed by atoms with Crippen LogP contribution in [0.1, 0.15) is 30.5 Å². The van der Waals surface area contributed by atoms with Crippen molar-refractivity contribution in [3.8, 4) is 5.75 Å². The minimum Gasteiger partial charge on any atom is -0.491 e. The molecular weight excluding hydrogens is 442 g/mol. The lowest BCUT2D eigenvalue weighted by molar-refractivity contribution is -0.120. The van der Waals surface area contributed by atoms with Gasteiger partial charge in [-0.15, -0.1) is 10.2 Å². The smallest absolute Gasteiger partial charge is 0.276 e. The zero-order valence-electron chi connectivity index (χ0n) is 19.8. The topological polar surface area (TPSA) is 91.6 Å². The van der Waals surface area contributed by atoms with Crippen LogP contribution in [0.4, 0.5) is 5.69 Å². The van der Waals surface area contributed by atoms with Crippen LogP contribution in [0.2, 0.25) is 0 Å². The molecule has 7 nitrogen and oxygen atoms in total. The van der Waals surface area contributed by atoms with Gasteiger partial charge in [-0.05, 0) is 43.0 Å². The van der Waals surface area contributed by atoms with Gasteiger partial charge in [0, 0.05) is 18.2 Å². The molecular formula is C28H27N3O4. The highest BCUT2D eigenvalue weighted by atomic mass is 16.5. The number of rotatable bonds is 6. The molecule has 35 heavy (non-hydrogen) atoms. The Morgan fingerprint density at radius 2 is 1.94 bits per heavy atom. The van der Waals surface area contributed by atoms with Crippen molar-refractivity contribution < 1.29 is 19.4 Å². The number of benzene rings is 2. The lowest BCUT2D eigenvalue weighted by atomic mass is 9.89. The van der Waals surface area contributed by atoms with E-state index in [1.807, 2.05) is 66.8 Å². The van der Waals surface area contributed by atoms with E-state index in [0.717, 1.165) is 34.4 Å². The van der Waals surface area contributed by atoms with Gasteiger partial charge in [-0.2, -0.15) is 0 Å². The Morgan fingerprint density at radius 1 is 1.14 bits per heavy atom. The fourth-order valence-corrected chi connectivity index (χ4v) is 4.45. The van der Waals surface area contributed by atoms with Gasteiger partial charge in [0.2, 0.25) is 5.91 Å². The molecule has 0 aromatic heterocycles. The van der Waals surface area contributed by atoms with Gasteiger partial charge in [-0.1, -0.05) is 54.6 Å². The van der Waals surface area contributed by atoms with Crippen LogP contribution in [0.25, 0.3) is 5.70 Å². The first-order chi connectivity index (χ1) is 16.8. The van der Waals surface area contributed by atoms with Gasteiger partial charge in [0.15, 0.2) is 0 Å². The van der Waals surface area contributed by atoms with Crippen LogP contribution in [0.5, 0.6) is 5.75 Å². The molecule has 2 aromatic carbocycles. The molecule has 0 spiro atoms. The molecule has 1 unspecified atom stereocenters. The number of carbonyl (C=O) groups is 2. The third-order valence-electron chi connectivity index (χ3n) is 6.24. The second-order valence-electron chi connectivity index (χ2n) is 9.62. The van der Waals surface area contributed by atoms with Gasteiger partial charge in [0.25, 0.3) is 5.91 Å². The van der Waals surface area contributed by atoms with Crippen molar-refractivity contribution in [2.75, 3.05) is 18.1 Å². The van der Waals surface area contributed by atoms with E-state index in [1.165, 1.54) is 0 Å². The normalized spacial score (nSPS) is 18.7. The number of hydrogen-bond acceptors (Lipinski definition) is 5. The van der Waals surface area contributed by atoms with Gasteiger partial charge in [-0.3, -0.25) is 9.59 Å². The van der Waals surface area contributed by atoms with Gasteiger partial charge in [0.05, 0.1) is 29.3 Å². The number of ether oxygens (including phenoxy) is 1. The Bertz CT molecular complexity index is 1300. The second-order valence-corrected chi connectivity index (χ2v) is 9.62. The molecule has 0 saturated heterocycles. The molecule has 2 aliphatic heterocycles. The standard InChI is InChI=1S/C28H27N3O4/c1-28(2,34)17-35-21-12-11-19-13-14-31(24(19)16-21)25(32)15-18-7-9-20(10-8-18)26-22-5-3-4-6-23(22)27(33)30-29-26/h3-12,16,23,34H,13-15,17H2,1-2H3. The predicted octanol–water partition coefficient (Wildman–Crippen LogP) is 4.41. The van der Waals surface area contributed by atoms with E-state index in [-0.39, 0.29) is 30.8 Å². The number of allylic oxidation sites excluding steroid dienone is 3. The first kappa shape index (κ1) is 22.9. The van der Waals surface area contributed by atoms with Crippen molar-refractivity contribution in [2.45, 2.75) is 32.3 Å². The van der Waals surface area contributed by atoms with Gasteiger partial charge in [-0.25, -0.2) is 0 Å². The maximum atomic E-state index is 13.2. The highest BCUT2D eigenvalue weighted by molar-refractivity contribution is 5.97. The molecule has 2 heterocycles. The summed E-state index contributed by atoms with van der Waals surface area (Å²) in [6.07, 6.45) is 8.54. The Balaban J connectivity index is 1.30. The van der Waals surface area contributed by atoms with E-state index in [2.05, 4.69) is 10.2 Å². The highest BCUT2D eigenvalue weighted by Crippen LogP contribution is 2.35. The van der Waals surface area contributed by atoms with Crippen molar-refractivity contribution in [1.29, 1.82) is 0 Å². The largest absolute Gasteiger partial charge is 0.491 e. The first-order valence-electron chi connectivity index (χ1n) is 11.7. The van der Waals surface area contributed by atoms with Gasteiger partial charge >= 0.3 is 0 Å². The van der Waals surface area contributed by atoms with E-state index < -0.39 is 5.60 Å². The van der Waals surface area contributed by atoms with Crippen molar-refractivity contribution >= 4 is 23.2 Å². The maximum Gasteiger partial charge on any atom is 0.276 e. The number of hydrogen-bond donors (Lipinski definition) is 1. The molecule has 0 bridgehead atoms. The summed E-state index contributed by atoms with van der Waals surface area (Å²) in [6, 6.07) is 13.4. The molecule has 1 aliphatic carbocycles. The quantitative estimate of drug-likeness (QED) is 0.678. The van der Waals surface area contributed by atoms with Crippen molar-refractivity contribution in [1.82, 2.24) is 0 Å². The van der Waals surface area contributed by atoms with E-state index in [1.54, 1.807) is 18.7 Å². The fraction of sp³-hybridized carbons (Fsp3) is 0.286. The van der Waals surface area contributed by atoms with E-state index >= 15 is 0 Å². The van der Waals surface area contributed by atoms with Crippen LogP contribution in [-0.2, 0) is 22.4 Å². The van der Waals surface area contributed by atoms with Crippen molar-refractivity contribution in [3.05, 3.63) is 89.0 Å². The Labute approximate surface area is 204 Å². The van der Waals surface area contributed by atoms with Gasteiger partial charge in [0.1, 0.15) is 12.4 Å². The fourth-order valence-electron chi connectivity index (χ4n) is 4.45. The molecule has 5 rings (SSSR count). The second kappa shape index (κ2) is 9.07. The highest BCUT2D eigenvalue weighted by Gasteiger charge is 2.28. The summed E-state index contributed by atoms with van der Waals surface area (Å²) in [4.78, 5) is 27.0. The first-order valence-corrected chi connectivity index (χ1v) is 11.7. The number of amides is 2. The Morgan fingerprint density at radius 3 is 2.71 bits per heavy atom. The molecule has 0 saturated carbocycles. The summed E-state index contributed by atoms with van der Waals surface area (Å²) in [5.41, 5.74) is 4.31. The van der Waals surface area contributed by atoms with E-state index in [0.29, 0.717) is 18.0 Å². The predicted molar refractivity (Wildman–Crippen MR) is 133 cm³/mol. The summed E-state index contributed by atoms with van der Waals surface area (Å²) < 4.78 is 5.72. The molecule has 1 N–H and O–H groups in total. The molecule has 2 amide bonds. The monoisotopic (exact) mass is 469 g/mol. The number of aliphatic hydroxyl groups is 1. The number of nitrogens with zero attached hydrogens (tertiary/aromatic N) is 3. The summed E-state index contributed by atoms with van der Waals surface area (Å²) in [6.45, 7) is 4.19. The van der Waals surface area contributed by atoms with Crippen molar-refractivity contribution in [3.63, 3.8) is 0 Å². The van der Waals surface area contributed by atoms with Crippen LogP contribution in [0.15, 0.2) is 82.6 Å². The number of fused-ring (bicyclic) bond motifs is 2. The minimum absolute atomic E-state index is 0.0153. The summed E-state index contributed by atoms with van der Waals surface area (Å²) in [7, 11) is 0. The van der Waals surface area contributed by atoms with E-state index in [9.17, 15) is 14.7 Å². The molecule has 1 atom stereocenters. The molecule has 178 valence electrons. The van der Waals surface area contributed by atoms with Crippen LogP contribution in [-0.4, -0.2) is 35.7 Å². The average molecular weight is 470 g/mol. The number of azo groups is 1. The summed E-state index contributed by atoms with van der Waals surface area (Å²) in [5.74, 6) is 0.00317. The Kier molecular flexibility index (Phi) is 5.94. The lowest BCUT2D eigenvalue weighted by Gasteiger charge is -2.21.